The average molecular weight is 304 g/mol. The van der Waals surface area contributed by atoms with Crippen LogP contribution >= 0.6 is 0 Å². The highest BCUT2D eigenvalue weighted by Gasteiger charge is 2.51. The Labute approximate surface area is 126 Å². The largest absolute Gasteiger partial charge is 0.481 e. The van der Waals surface area contributed by atoms with Crippen LogP contribution in [0.1, 0.15) is 36.8 Å². The van der Waals surface area contributed by atoms with Crippen LogP contribution in [0.3, 0.4) is 0 Å². The summed E-state index contributed by atoms with van der Waals surface area (Å²) in [5, 5.41) is 17.9. The molecule has 2 N–H and O–H groups in total. The summed E-state index contributed by atoms with van der Waals surface area (Å²) in [5.74, 6) is -1.81. The summed E-state index contributed by atoms with van der Waals surface area (Å²) in [6.07, 6.45) is 4.00. The Morgan fingerprint density at radius 3 is 1.59 bits per heavy atom. The maximum Gasteiger partial charge on any atom is 0.303 e. The van der Waals surface area contributed by atoms with Gasteiger partial charge in [-0.05, 0) is 36.1 Å². The molecule has 2 atom stereocenters. The predicted molar refractivity (Wildman–Crippen MR) is 74.8 cm³/mol. The molecule has 3 aliphatic rings. The maximum atomic E-state index is 10.9. The van der Waals surface area contributed by atoms with E-state index in [4.69, 9.17) is 20.0 Å². The van der Waals surface area contributed by atoms with Crippen LogP contribution in [-0.4, -0.2) is 22.2 Å². The van der Waals surface area contributed by atoms with Crippen LogP contribution in [0.2, 0.25) is 0 Å². The van der Waals surface area contributed by atoms with E-state index in [1.165, 1.54) is 0 Å². The molecule has 4 rings (SSSR count). The highest BCUT2D eigenvalue weighted by Crippen LogP contribution is 2.52. The van der Waals surface area contributed by atoms with Crippen molar-refractivity contribution in [2.45, 2.75) is 36.9 Å². The number of rotatable bonds is 6. The van der Waals surface area contributed by atoms with E-state index in [2.05, 4.69) is 0 Å². The number of aliphatic carboxylic acids is 2. The lowest BCUT2D eigenvalue weighted by molar-refractivity contribution is -0.425. The number of hydrogen-bond acceptors (Lipinski definition) is 4. The number of benzene rings is 1. The molecular weight excluding hydrogens is 288 g/mol. The van der Waals surface area contributed by atoms with Gasteiger partial charge in [-0.15, -0.1) is 0 Å². The summed E-state index contributed by atoms with van der Waals surface area (Å²) in [6, 6.07) is 7.45. The van der Waals surface area contributed by atoms with Gasteiger partial charge in [-0.25, -0.2) is 9.78 Å². The van der Waals surface area contributed by atoms with Crippen molar-refractivity contribution >= 4 is 11.9 Å². The fraction of sp³-hybridized carbons (Fsp3) is 0.375. The van der Waals surface area contributed by atoms with Crippen molar-refractivity contribution in [1.29, 1.82) is 0 Å². The van der Waals surface area contributed by atoms with Gasteiger partial charge >= 0.3 is 11.9 Å². The third-order valence-corrected chi connectivity index (χ3v) is 4.22. The van der Waals surface area contributed by atoms with Crippen LogP contribution < -0.4 is 0 Å². The molecule has 0 spiro atoms. The van der Waals surface area contributed by atoms with Gasteiger partial charge in [-0.3, -0.25) is 9.59 Å². The number of carbonyl (C=O) groups is 2. The molecule has 2 heterocycles. The normalized spacial score (nSPS) is 28.4. The van der Waals surface area contributed by atoms with Crippen molar-refractivity contribution in [3.05, 3.63) is 47.5 Å². The molecule has 0 aromatic heterocycles. The van der Waals surface area contributed by atoms with E-state index in [-0.39, 0.29) is 25.7 Å². The van der Waals surface area contributed by atoms with Gasteiger partial charge in [0.1, 0.15) is 11.2 Å². The fourth-order valence-electron chi connectivity index (χ4n) is 3.07. The Morgan fingerprint density at radius 2 is 1.27 bits per heavy atom. The summed E-state index contributed by atoms with van der Waals surface area (Å²) in [4.78, 5) is 32.8. The summed E-state index contributed by atoms with van der Waals surface area (Å²) < 4.78 is 0. The Kier molecular flexibility index (Phi) is 3.50. The lowest BCUT2D eigenvalue weighted by Gasteiger charge is -2.48. The zero-order valence-electron chi connectivity index (χ0n) is 11.8. The molecule has 0 amide bonds. The van der Waals surface area contributed by atoms with E-state index < -0.39 is 23.1 Å². The first-order valence-corrected chi connectivity index (χ1v) is 7.08. The number of fused-ring (bicyclic) bond motifs is 1. The van der Waals surface area contributed by atoms with E-state index in [1.807, 2.05) is 24.3 Å². The molecule has 22 heavy (non-hydrogen) atoms. The van der Waals surface area contributed by atoms with Crippen molar-refractivity contribution < 1.29 is 29.6 Å². The highest BCUT2D eigenvalue weighted by atomic mass is 17.2. The minimum atomic E-state index is -0.917. The second-order valence-corrected chi connectivity index (χ2v) is 5.61. The molecule has 0 saturated carbocycles. The third kappa shape index (κ3) is 2.30. The Balaban J connectivity index is 1.98. The molecule has 6 nitrogen and oxygen atoms in total. The number of hydrogen-bond donors (Lipinski definition) is 2. The molecule has 2 aliphatic heterocycles. The van der Waals surface area contributed by atoms with E-state index in [9.17, 15) is 9.59 Å². The topological polar surface area (TPSA) is 93.1 Å². The second-order valence-electron chi connectivity index (χ2n) is 5.61. The first kappa shape index (κ1) is 14.7. The van der Waals surface area contributed by atoms with Crippen LogP contribution in [0.15, 0.2) is 36.4 Å². The first-order chi connectivity index (χ1) is 10.5. The van der Waals surface area contributed by atoms with Gasteiger partial charge in [0.2, 0.25) is 0 Å². The zero-order chi connectivity index (χ0) is 15.8. The molecule has 2 bridgehead atoms. The number of carboxylic acids is 2. The smallest absolute Gasteiger partial charge is 0.303 e. The molecule has 0 radical (unpaired) electrons. The van der Waals surface area contributed by atoms with Gasteiger partial charge < -0.3 is 10.2 Å². The molecule has 0 saturated heterocycles. The molecule has 116 valence electrons. The van der Waals surface area contributed by atoms with E-state index in [0.29, 0.717) is 0 Å². The molecule has 6 heteroatoms. The number of carboxylic acid groups (broad SMARTS) is 2. The van der Waals surface area contributed by atoms with E-state index >= 15 is 0 Å². The molecule has 2 unspecified atom stereocenters. The summed E-state index contributed by atoms with van der Waals surface area (Å²) in [6.45, 7) is 0. The van der Waals surface area contributed by atoms with Crippen molar-refractivity contribution in [3.8, 4) is 0 Å². The van der Waals surface area contributed by atoms with Crippen molar-refractivity contribution in [2.75, 3.05) is 0 Å². The van der Waals surface area contributed by atoms with Crippen LogP contribution in [-0.2, 0) is 30.6 Å². The minimum absolute atomic E-state index is 0.0514. The molecule has 1 aromatic rings. The van der Waals surface area contributed by atoms with Gasteiger partial charge in [0.25, 0.3) is 0 Å². The SMILES string of the molecule is O=C(O)CCC12C=CC(CCC(=O)O)(OO1)c1ccccc12. The third-order valence-electron chi connectivity index (χ3n) is 4.22. The quantitative estimate of drug-likeness (QED) is 0.619. The first-order valence-electron chi connectivity index (χ1n) is 7.08. The van der Waals surface area contributed by atoms with Crippen molar-refractivity contribution in [1.82, 2.24) is 0 Å². The van der Waals surface area contributed by atoms with Crippen LogP contribution in [0, 0.1) is 0 Å². The summed E-state index contributed by atoms with van der Waals surface area (Å²) >= 11 is 0. The second kappa shape index (κ2) is 5.23. The average Bonchev–Trinajstić information content (AvgIpc) is 2.53. The lowest BCUT2D eigenvalue weighted by Crippen LogP contribution is -2.47. The Morgan fingerprint density at radius 1 is 0.864 bits per heavy atom. The van der Waals surface area contributed by atoms with Crippen LogP contribution in [0.5, 0.6) is 0 Å². The fourth-order valence-corrected chi connectivity index (χ4v) is 3.07. The molecule has 0 fully saturated rings. The van der Waals surface area contributed by atoms with Gasteiger partial charge in [0.15, 0.2) is 0 Å². The van der Waals surface area contributed by atoms with Gasteiger partial charge in [0, 0.05) is 12.8 Å². The summed E-state index contributed by atoms with van der Waals surface area (Å²) in [5.41, 5.74) is -0.148. The highest BCUT2D eigenvalue weighted by molar-refractivity contribution is 5.68. The lowest BCUT2D eigenvalue weighted by atomic mass is 9.72. The van der Waals surface area contributed by atoms with E-state index in [0.717, 1.165) is 11.1 Å². The maximum absolute atomic E-state index is 10.9. The Hall–Kier alpha value is -2.18. The Bertz CT molecular complexity index is 597. The predicted octanol–water partition coefficient (Wildman–Crippen LogP) is 2.34. The van der Waals surface area contributed by atoms with Gasteiger partial charge in [0.05, 0.1) is 0 Å². The van der Waals surface area contributed by atoms with Gasteiger partial charge in [-0.1, -0.05) is 24.3 Å². The summed E-state index contributed by atoms with van der Waals surface area (Å²) in [7, 11) is 0. The monoisotopic (exact) mass is 304 g/mol. The van der Waals surface area contributed by atoms with Crippen molar-refractivity contribution in [2.24, 2.45) is 0 Å². The molecule has 1 aliphatic carbocycles. The van der Waals surface area contributed by atoms with Gasteiger partial charge in [-0.2, -0.15) is 0 Å². The standard InChI is InChI=1S/C16H16O6/c17-13(18)5-7-15-9-10-16(22-21-15,8-6-14(19)20)12-4-2-1-3-11(12)15/h1-4,9-10H,5-8H2,(H,17,18)(H,19,20). The molecular formula is C16H16O6. The zero-order valence-corrected chi connectivity index (χ0v) is 11.8. The molecule has 1 aromatic carbocycles. The van der Waals surface area contributed by atoms with Crippen molar-refractivity contribution in [3.63, 3.8) is 0 Å². The van der Waals surface area contributed by atoms with Crippen LogP contribution in [0.4, 0.5) is 0 Å². The minimum Gasteiger partial charge on any atom is -0.481 e. The van der Waals surface area contributed by atoms with E-state index in [1.54, 1.807) is 12.2 Å². The van der Waals surface area contributed by atoms with Crippen LogP contribution in [0.25, 0.3) is 0 Å².